The number of amides is 1. The Labute approximate surface area is 158 Å². The monoisotopic (exact) mass is 380 g/mol. The lowest BCUT2D eigenvalue weighted by Crippen LogP contribution is -2.29. The lowest BCUT2D eigenvalue weighted by Gasteiger charge is -2.20. The molecule has 3 rings (SSSR count). The predicted octanol–water partition coefficient (Wildman–Crippen LogP) is 3.16. The lowest BCUT2D eigenvalue weighted by molar-refractivity contribution is 0.0943. The number of sulfonamides is 1. The minimum absolute atomic E-state index is 0.0304. The van der Waals surface area contributed by atoms with Crippen LogP contribution in [0.4, 0.5) is 0 Å². The molecule has 27 heavy (non-hydrogen) atoms. The van der Waals surface area contributed by atoms with Gasteiger partial charge in [-0.3, -0.25) is 4.79 Å². The Morgan fingerprint density at radius 1 is 0.852 bits per heavy atom. The first-order valence-electron chi connectivity index (χ1n) is 8.40. The van der Waals surface area contributed by atoms with Crippen molar-refractivity contribution in [2.24, 2.45) is 5.14 Å². The number of carbonyl (C=O) groups is 1. The van der Waals surface area contributed by atoms with Gasteiger partial charge in [0.25, 0.3) is 5.91 Å². The Morgan fingerprint density at radius 3 is 1.96 bits per heavy atom. The molecule has 0 radical (unpaired) electrons. The van der Waals surface area contributed by atoms with E-state index < -0.39 is 10.0 Å². The van der Waals surface area contributed by atoms with Crippen molar-refractivity contribution in [2.75, 3.05) is 0 Å². The van der Waals surface area contributed by atoms with E-state index in [4.69, 9.17) is 5.14 Å². The van der Waals surface area contributed by atoms with Crippen molar-refractivity contribution in [2.45, 2.75) is 17.9 Å². The molecule has 0 bridgehead atoms. The molecule has 5 nitrogen and oxygen atoms in total. The molecule has 3 N–H and O–H groups in total. The van der Waals surface area contributed by atoms with Gasteiger partial charge in [-0.25, -0.2) is 13.6 Å². The van der Waals surface area contributed by atoms with Crippen LogP contribution >= 0.6 is 0 Å². The maximum Gasteiger partial charge on any atom is 0.252 e. The molecule has 138 valence electrons. The zero-order chi connectivity index (χ0) is 19.4. The normalized spacial score (nSPS) is 12.4. The lowest BCUT2D eigenvalue weighted by atomic mass is 9.97. The van der Waals surface area contributed by atoms with E-state index in [9.17, 15) is 13.2 Å². The van der Waals surface area contributed by atoms with Gasteiger partial charge in [0.1, 0.15) is 0 Å². The Balaban J connectivity index is 1.90. The van der Waals surface area contributed by atoms with Crippen LogP contribution in [0.2, 0.25) is 0 Å². The molecule has 0 fully saturated rings. The first-order valence-corrected chi connectivity index (χ1v) is 9.94. The summed E-state index contributed by atoms with van der Waals surface area (Å²) in [6.07, 6.45) is 0. The van der Waals surface area contributed by atoms with E-state index in [1.807, 2.05) is 61.5 Å². The zero-order valence-electron chi connectivity index (χ0n) is 14.8. The summed E-state index contributed by atoms with van der Waals surface area (Å²) in [6, 6.07) is 22.9. The number of nitrogens with one attached hydrogen (secondary N) is 1. The van der Waals surface area contributed by atoms with Gasteiger partial charge >= 0.3 is 0 Å². The zero-order valence-corrected chi connectivity index (χ0v) is 15.6. The van der Waals surface area contributed by atoms with E-state index in [1.54, 1.807) is 0 Å². The number of hydrogen-bond acceptors (Lipinski definition) is 3. The molecule has 0 aliphatic carbocycles. The molecule has 1 amide bonds. The van der Waals surface area contributed by atoms with Crippen LogP contribution in [0.15, 0.2) is 83.8 Å². The van der Waals surface area contributed by atoms with E-state index in [-0.39, 0.29) is 16.8 Å². The second-order valence-electron chi connectivity index (χ2n) is 6.30. The first-order chi connectivity index (χ1) is 12.8. The predicted molar refractivity (Wildman–Crippen MR) is 105 cm³/mol. The van der Waals surface area contributed by atoms with Crippen LogP contribution in [0.25, 0.3) is 0 Å². The minimum atomic E-state index is -3.79. The van der Waals surface area contributed by atoms with Crippen molar-refractivity contribution >= 4 is 15.9 Å². The van der Waals surface area contributed by atoms with Crippen molar-refractivity contribution in [1.82, 2.24) is 5.32 Å². The van der Waals surface area contributed by atoms with E-state index in [1.165, 1.54) is 24.3 Å². The van der Waals surface area contributed by atoms with Crippen molar-refractivity contribution < 1.29 is 13.2 Å². The maximum absolute atomic E-state index is 12.7. The van der Waals surface area contributed by atoms with Crippen LogP contribution in [0, 0.1) is 6.92 Å². The molecular formula is C21H20N2O3S. The summed E-state index contributed by atoms with van der Waals surface area (Å²) < 4.78 is 22.7. The van der Waals surface area contributed by atoms with Gasteiger partial charge in [-0.1, -0.05) is 60.2 Å². The van der Waals surface area contributed by atoms with Crippen LogP contribution < -0.4 is 10.5 Å². The van der Waals surface area contributed by atoms with Crippen molar-refractivity contribution in [3.05, 3.63) is 101 Å². The summed E-state index contributed by atoms with van der Waals surface area (Å²) in [5.41, 5.74) is 3.41. The van der Waals surface area contributed by atoms with Gasteiger partial charge in [0.15, 0.2) is 0 Å². The molecular weight excluding hydrogens is 360 g/mol. The van der Waals surface area contributed by atoms with Gasteiger partial charge < -0.3 is 5.32 Å². The van der Waals surface area contributed by atoms with Gasteiger partial charge in [0.2, 0.25) is 10.0 Å². The molecule has 3 aromatic carbocycles. The molecule has 0 saturated heterocycles. The second kappa shape index (κ2) is 7.73. The van der Waals surface area contributed by atoms with Gasteiger partial charge in [-0.05, 0) is 42.3 Å². The Kier molecular flexibility index (Phi) is 5.39. The van der Waals surface area contributed by atoms with Gasteiger partial charge in [-0.15, -0.1) is 0 Å². The van der Waals surface area contributed by atoms with E-state index in [0.29, 0.717) is 5.56 Å². The molecule has 1 unspecified atom stereocenters. The topological polar surface area (TPSA) is 89.3 Å². The van der Waals surface area contributed by atoms with Crippen molar-refractivity contribution in [3.8, 4) is 0 Å². The summed E-state index contributed by atoms with van der Waals surface area (Å²) in [6.45, 7) is 2.01. The highest BCUT2D eigenvalue weighted by molar-refractivity contribution is 7.89. The van der Waals surface area contributed by atoms with Crippen LogP contribution in [-0.4, -0.2) is 14.3 Å². The molecule has 0 spiro atoms. The number of rotatable bonds is 5. The highest BCUT2D eigenvalue weighted by Gasteiger charge is 2.18. The fourth-order valence-electron chi connectivity index (χ4n) is 2.77. The fourth-order valence-corrected chi connectivity index (χ4v) is 3.29. The number of hydrogen-bond donors (Lipinski definition) is 2. The largest absolute Gasteiger partial charge is 0.341 e. The Bertz CT molecular complexity index is 1030. The SMILES string of the molecule is Cc1ccc(C(NC(=O)c2ccc(S(N)(=O)=O)cc2)c2ccccc2)cc1. The van der Waals surface area contributed by atoms with Crippen molar-refractivity contribution in [3.63, 3.8) is 0 Å². The molecule has 0 saturated carbocycles. The molecule has 0 heterocycles. The average Bonchev–Trinajstić information content (AvgIpc) is 2.67. The molecule has 0 aliphatic rings. The highest BCUT2D eigenvalue weighted by atomic mass is 32.2. The van der Waals surface area contributed by atoms with E-state index in [0.717, 1.165) is 16.7 Å². The summed E-state index contributed by atoms with van der Waals surface area (Å²) in [5, 5.41) is 8.12. The Hall–Kier alpha value is -2.96. The van der Waals surface area contributed by atoms with Gasteiger partial charge in [0, 0.05) is 5.56 Å². The van der Waals surface area contributed by atoms with Crippen LogP contribution in [0.1, 0.15) is 33.1 Å². The van der Waals surface area contributed by atoms with Crippen molar-refractivity contribution in [1.29, 1.82) is 0 Å². The molecule has 6 heteroatoms. The summed E-state index contributed by atoms with van der Waals surface area (Å²) in [7, 11) is -3.79. The third kappa shape index (κ3) is 4.61. The maximum atomic E-state index is 12.7. The third-order valence-electron chi connectivity index (χ3n) is 4.26. The Morgan fingerprint density at radius 2 is 1.41 bits per heavy atom. The van der Waals surface area contributed by atoms with Crippen LogP contribution in [-0.2, 0) is 10.0 Å². The smallest absolute Gasteiger partial charge is 0.252 e. The molecule has 0 aliphatic heterocycles. The highest BCUT2D eigenvalue weighted by Crippen LogP contribution is 2.23. The second-order valence-corrected chi connectivity index (χ2v) is 7.86. The van der Waals surface area contributed by atoms with Crippen LogP contribution in [0.5, 0.6) is 0 Å². The number of benzene rings is 3. The molecule has 1 atom stereocenters. The number of nitrogens with two attached hydrogens (primary N) is 1. The molecule has 0 aromatic heterocycles. The number of aryl methyl sites for hydroxylation is 1. The van der Waals surface area contributed by atoms with Crippen LogP contribution in [0.3, 0.4) is 0 Å². The average molecular weight is 380 g/mol. The standard InChI is InChI=1S/C21H20N2O3S/c1-15-7-9-17(10-8-15)20(16-5-3-2-4-6-16)23-21(24)18-11-13-19(14-12-18)27(22,25)26/h2-14,20H,1H3,(H,23,24)(H2,22,25,26). The van der Waals surface area contributed by atoms with E-state index in [2.05, 4.69) is 5.32 Å². The first kappa shape index (κ1) is 18.8. The third-order valence-corrected chi connectivity index (χ3v) is 5.19. The van der Waals surface area contributed by atoms with Gasteiger partial charge in [0.05, 0.1) is 10.9 Å². The quantitative estimate of drug-likeness (QED) is 0.712. The minimum Gasteiger partial charge on any atom is -0.341 e. The number of carbonyl (C=O) groups excluding carboxylic acids is 1. The van der Waals surface area contributed by atoms with E-state index >= 15 is 0 Å². The molecule has 3 aromatic rings. The number of primary sulfonamides is 1. The summed E-state index contributed by atoms with van der Waals surface area (Å²) >= 11 is 0. The summed E-state index contributed by atoms with van der Waals surface area (Å²) in [5.74, 6) is -0.301. The van der Waals surface area contributed by atoms with Gasteiger partial charge in [-0.2, -0.15) is 0 Å². The fraction of sp³-hybridized carbons (Fsp3) is 0.0952. The summed E-state index contributed by atoms with van der Waals surface area (Å²) in [4.78, 5) is 12.7.